The fourth-order valence-corrected chi connectivity index (χ4v) is 5.13. The fourth-order valence-electron chi connectivity index (χ4n) is 4.16. The minimum Gasteiger partial charge on any atom is -0.466 e. The van der Waals surface area contributed by atoms with Gasteiger partial charge in [-0.15, -0.1) is 11.3 Å². The number of likely N-dealkylation sites (tertiary alicyclic amines) is 1. The molecule has 2 aromatic heterocycles. The summed E-state index contributed by atoms with van der Waals surface area (Å²) in [6.07, 6.45) is 1.60. The van der Waals surface area contributed by atoms with Crippen LogP contribution in [0, 0.1) is 19.8 Å². The molecule has 0 unspecified atom stereocenters. The van der Waals surface area contributed by atoms with E-state index < -0.39 is 0 Å². The second-order valence-electron chi connectivity index (χ2n) is 8.05. The molecule has 1 aliphatic rings. The largest absolute Gasteiger partial charge is 0.466 e. The Bertz CT molecular complexity index is 1060. The number of thiophene rings is 1. The third kappa shape index (κ3) is 4.15. The second kappa shape index (κ2) is 8.64. The maximum Gasteiger partial charge on any atom is 0.310 e. The van der Waals surface area contributed by atoms with E-state index in [1.807, 2.05) is 17.9 Å². The Balaban J connectivity index is 1.64. The Labute approximate surface area is 181 Å². The van der Waals surface area contributed by atoms with Crippen molar-refractivity contribution in [3.8, 4) is 0 Å². The molecular weight excluding hydrogens is 396 g/mol. The highest BCUT2D eigenvalue weighted by Crippen LogP contribution is 2.31. The molecule has 1 aliphatic heterocycles. The number of hydrogen-bond donors (Lipinski definition) is 0. The maximum absolute atomic E-state index is 13.5. The molecule has 3 heterocycles. The van der Waals surface area contributed by atoms with Crippen molar-refractivity contribution < 1.29 is 14.3 Å². The zero-order valence-electron chi connectivity index (χ0n) is 17.8. The lowest BCUT2D eigenvalue weighted by Gasteiger charge is -2.31. The fraction of sp³-hybridized carbons (Fsp3) is 0.417. The van der Waals surface area contributed by atoms with Gasteiger partial charge in [0.05, 0.1) is 22.7 Å². The van der Waals surface area contributed by atoms with Gasteiger partial charge in [0.2, 0.25) is 0 Å². The number of piperidine rings is 1. The molecule has 0 bridgehead atoms. The molecule has 5 nitrogen and oxygen atoms in total. The lowest BCUT2D eigenvalue weighted by molar-refractivity contribution is -0.149. The monoisotopic (exact) mass is 424 g/mol. The third-order valence-corrected chi connectivity index (χ3v) is 6.71. The van der Waals surface area contributed by atoms with Crippen LogP contribution in [-0.4, -0.2) is 41.0 Å². The average Bonchev–Trinajstić information content (AvgIpc) is 3.26. The van der Waals surface area contributed by atoms with Gasteiger partial charge < -0.3 is 14.2 Å². The molecule has 158 valence electrons. The van der Waals surface area contributed by atoms with E-state index in [9.17, 15) is 9.59 Å². The van der Waals surface area contributed by atoms with Crippen LogP contribution in [0.1, 0.15) is 46.3 Å². The molecule has 3 aromatic rings. The van der Waals surface area contributed by atoms with E-state index in [-0.39, 0.29) is 17.8 Å². The molecule has 1 aromatic carbocycles. The van der Waals surface area contributed by atoms with Crippen molar-refractivity contribution in [2.45, 2.75) is 40.2 Å². The van der Waals surface area contributed by atoms with Gasteiger partial charge in [-0.05, 0) is 51.3 Å². The first-order valence-electron chi connectivity index (χ1n) is 10.6. The minimum absolute atomic E-state index is 0.00263. The smallest absolute Gasteiger partial charge is 0.310 e. The van der Waals surface area contributed by atoms with Crippen LogP contribution in [0.3, 0.4) is 0 Å². The van der Waals surface area contributed by atoms with Crippen molar-refractivity contribution in [3.63, 3.8) is 0 Å². The van der Waals surface area contributed by atoms with Crippen LogP contribution >= 0.6 is 11.3 Å². The summed E-state index contributed by atoms with van der Waals surface area (Å²) in [7, 11) is 0. The average molecular weight is 425 g/mol. The molecule has 1 amide bonds. The third-order valence-electron chi connectivity index (χ3n) is 5.72. The van der Waals surface area contributed by atoms with Crippen molar-refractivity contribution >= 4 is 33.4 Å². The molecule has 0 aliphatic carbocycles. The van der Waals surface area contributed by atoms with Crippen LogP contribution in [0.5, 0.6) is 0 Å². The molecule has 1 fully saturated rings. The normalized spacial score (nSPS) is 16.8. The van der Waals surface area contributed by atoms with Gasteiger partial charge in [-0.2, -0.15) is 0 Å². The lowest BCUT2D eigenvalue weighted by Crippen LogP contribution is -2.43. The van der Waals surface area contributed by atoms with Crippen LogP contribution in [0.2, 0.25) is 0 Å². The van der Waals surface area contributed by atoms with Gasteiger partial charge >= 0.3 is 5.97 Å². The predicted octanol–water partition coefficient (Wildman–Crippen LogP) is 4.78. The molecule has 4 rings (SSSR count). The molecule has 6 heteroatoms. The first-order valence-corrected chi connectivity index (χ1v) is 11.4. The van der Waals surface area contributed by atoms with Crippen LogP contribution in [0.25, 0.3) is 10.2 Å². The topological polar surface area (TPSA) is 51.5 Å². The summed E-state index contributed by atoms with van der Waals surface area (Å²) in [5.41, 5.74) is 4.18. The van der Waals surface area contributed by atoms with Gasteiger partial charge in [-0.1, -0.05) is 29.8 Å². The van der Waals surface area contributed by atoms with E-state index in [1.165, 1.54) is 16.0 Å². The summed E-state index contributed by atoms with van der Waals surface area (Å²) >= 11 is 1.71. The van der Waals surface area contributed by atoms with Crippen molar-refractivity contribution in [1.29, 1.82) is 0 Å². The highest BCUT2D eigenvalue weighted by Gasteiger charge is 2.31. The summed E-state index contributed by atoms with van der Waals surface area (Å²) in [5, 5.41) is 0. The van der Waals surface area contributed by atoms with Crippen molar-refractivity contribution in [2.24, 2.45) is 5.92 Å². The van der Waals surface area contributed by atoms with Crippen LogP contribution < -0.4 is 0 Å². The lowest BCUT2D eigenvalue weighted by atomic mass is 9.98. The maximum atomic E-state index is 13.5. The van der Waals surface area contributed by atoms with Gasteiger partial charge in [0, 0.05) is 24.5 Å². The summed E-state index contributed by atoms with van der Waals surface area (Å²) < 4.78 is 8.45. The molecule has 30 heavy (non-hydrogen) atoms. The number of benzene rings is 1. The van der Waals surface area contributed by atoms with Gasteiger partial charge in [-0.25, -0.2) is 0 Å². The number of carbonyl (C=O) groups is 2. The number of carbonyl (C=O) groups excluding carboxylic acids is 2. The molecule has 0 saturated carbocycles. The van der Waals surface area contributed by atoms with Crippen molar-refractivity contribution in [3.05, 3.63) is 58.1 Å². The first kappa shape index (κ1) is 20.7. The van der Waals surface area contributed by atoms with E-state index in [2.05, 4.69) is 48.7 Å². The number of hydrogen-bond acceptors (Lipinski definition) is 4. The minimum atomic E-state index is -0.230. The van der Waals surface area contributed by atoms with E-state index >= 15 is 0 Å². The highest BCUT2D eigenvalue weighted by molar-refractivity contribution is 7.19. The number of fused-ring (bicyclic) bond motifs is 1. The van der Waals surface area contributed by atoms with E-state index in [0.29, 0.717) is 31.9 Å². The summed E-state index contributed by atoms with van der Waals surface area (Å²) in [6, 6.07) is 12.6. The highest BCUT2D eigenvalue weighted by atomic mass is 32.1. The number of rotatable bonds is 5. The number of esters is 1. The van der Waals surface area contributed by atoms with Crippen LogP contribution in [0.15, 0.2) is 36.4 Å². The quantitative estimate of drug-likeness (QED) is 0.554. The van der Waals surface area contributed by atoms with Gasteiger partial charge in [0.25, 0.3) is 5.91 Å². The summed E-state index contributed by atoms with van der Waals surface area (Å²) in [6.45, 7) is 8.12. The Kier molecular flexibility index (Phi) is 5.95. The Hall–Kier alpha value is -2.60. The van der Waals surface area contributed by atoms with Crippen LogP contribution in [0.4, 0.5) is 0 Å². The SMILES string of the molecule is CCOC(=O)[C@H]1CCCN(C(=O)c2cc3sc(C)cc3n2Cc2ccc(C)cc2)C1. The summed E-state index contributed by atoms with van der Waals surface area (Å²) in [4.78, 5) is 28.8. The number of aryl methyl sites for hydroxylation is 2. The molecule has 0 N–H and O–H groups in total. The molecule has 1 atom stereocenters. The van der Waals surface area contributed by atoms with Gasteiger partial charge in [0.15, 0.2) is 0 Å². The van der Waals surface area contributed by atoms with E-state index in [1.54, 1.807) is 11.3 Å². The number of ether oxygens (including phenoxy) is 1. The van der Waals surface area contributed by atoms with Gasteiger partial charge in [0.1, 0.15) is 5.69 Å². The van der Waals surface area contributed by atoms with Crippen LogP contribution in [-0.2, 0) is 16.1 Å². The first-order chi connectivity index (χ1) is 14.5. The Morgan fingerprint density at radius 2 is 1.93 bits per heavy atom. The Morgan fingerprint density at radius 3 is 2.67 bits per heavy atom. The molecule has 0 radical (unpaired) electrons. The zero-order chi connectivity index (χ0) is 21.3. The van der Waals surface area contributed by atoms with Crippen molar-refractivity contribution in [2.75, 3.05) is 19.7 Å². The van der Waals surface area contributed by atoms with Gasteiger partial charge in [-0.3, -0.25) is 9.59 Å². The molecular formula is C24H28N2O3S. The molecule has 1 saturated heterocycles. The number of nitrogens with zero attached hydrogens (tertiary/aromatic N) is 2. The predicted molar refractivity (Wildman–Crippen MR) is 120 cm³/mol. The number of amides is 1. The van der Waals surface area contributed by atoms with Crippen molar-refractivity contribution in [1.82, 2.24) is 9.47 Å². The summed E-state index contributed by atoms with van der Waals surface area (Å²) in [5.74, 6) is -0.426. The number of aromatic nitrogens is 1. The zero-order valence-corrected chi connectivity index (χ0v) is 18.6. The second-order valence-corrected chi connectivity index (χ2v) is 9.34. The van der Waals surface area contributed by atoms with E-state index in [0.717, 1.165) is 23.1 Å². The standard InChI is InChI=1S/C24H28N2O3S/c1-4-29-24(28)19-6-5-11-25(15-19)23(27)21-13-22-20(12-17(3)30-22)26(21)14-18-9-7-16(2)8-10-18/h7-10,12-13,19H,4-6,11,14-15H2,1-3H3/t19-/m0/s1. The Morgan fingerprint density at radius 1 is 1.17 bits per heavy atom. The van der Waals surface area contributed by atoms with E-state index in [4.69, 9.17) is 4.74 Å². The molecule has 0 spiro atoms.